The van der Waals surface area contributed by atoms with E-state index < -0.39 is 0 Å². The molecule has 164 valence electrons. The van der Waals surface area contributed by atoms with Gasteiger partial charge in [0.15, 0.2) is 5.17 Å². The Balaban J connectivity index is 1.44. The third-order valence-electron chi connectivity index (χ3n) is 5.60. The number of fused-ring (bicyclic) bond motifs is 1. The number of aryl methyl sites for hydroxylation is 1. The Labute approximate surface area is 202 Å². The summed E-state index contributed by atoms with van der Waals surface area (Å²) in [5.74, 6) is -0.126. The minimum atomic E-state index is -0.126. The van der Waals surface area contributed by atoms with Crippen molar-refractivity contribution in [3.63, 3.8) is 0 Å². The average Bonchev–Trinajstić information content (AvgIpc) is 3.35. The van der Waals surface area contributed by atoms with Crippen LogP contribution in [0.1, 0.15) is 23.6 Å². The summed E-state index contributed by atoms with van der Waals surface area (Å²) in [6.45, 7) is 2.85. The van der Waals surface area contributed by atoms with Crippen LogP contribution in [0.4, 0.5) is 5.69 Å². The van der Waals surface area contributed by atoms with Gasteiger partial charge in [0.2, 0.25) is 0 Å². The highest BCUT2D eigenvalue weighted by atomic mass is 35.5. The highest BCUT2D eigenvalue weighted by Crippen LogP contribution is 2.31. The zero-order valence-corrected chi connectivity index (χ0v) is 19.7. The number of benzene rings is 3. The van der Waals surface area contributed by atoms with Gasteiger partial charge in [0.1, 0.15) is 0 Å². The molecule has 1 amide bonds. The molecule has 4 nitrogen and oxygen atoms in total. The molecule has 33 heavy (non-hydrogen) atoms. The average molecular weight is 472 g/mol. The molecule has 1 aliphatic rings. The number of carbonyl (C=O) groups excluding carboxylic acids is 1. The van der Waals surface area contributed by atoms with Crippen molar-refractivity contribution in [3.8, 4) is 0 Å². The molecule has 0 unspecified atom stereocenters. The van der Waals surface area contributed by atoms with Crippen LogP contribution in [0.25, 0.3) is 17.0 Å². The van der Waals surface area contributed by atoms with Crippen LogP contribution in [0, 0.1) is 0 Å². The van der Waals surface area contributed by atoms with Crippen LogP contribution in [0.2, 0.25) is 5.02 Å². The fourth-order valence-corrected chi connectivity index (χ4v) is 4.81. The second-order valence-corrected chi connectivity index (χ2v) is 9.32. The van der Waals surface area contributed by atoms with Gasteiger partial charge in [-0.15, -0.1) is 0 Å². The maximum atomic E-state index is 12.6. The number of amidine groups is 1. The Kier molecular flexibility index (Phi) is 6.07. The topological polar surface area (TPSA) is 46.4 Å². The molecule has 0 saturated carbocycles. The van der Waals surface area contributed by atoms with Gasteiger partial charge in [0.05, 0.1) is 10.6 Å². The summed E-state index contributed by atoms with van der Waals surface area (Å²) in [5, 5.41) is 5.32. The van der Waals surface area contributed by atoms with E-state index in [-0.39, 0.29) is 5.91 Å². The summed E-state index contributed by atoms with van der Waals surface area (Å²) in [5.41, 5.74) is 5.38. The Morgan fingerprint density at radius 1 is 1.00 bits per heavy atom. The molecule has 1 saturated heterocycles. The Morgan fingerprint density at radius 2 is 1.73 bits per heavy atom. The smallest absolute Gasteiger partial charge is 0.264 e. The fraction of sp³-hybridized carbons (Fsp3) is 0.111. The first-order valence-corrected chi connectivity index (χ1v) is 12.0. The Morgan fingerprint density at radius 3 is 2.48 bits per heavy atom. The highest BCUT2D eigenvalue weighted by molar-refractivity contribution is 8.18. The number of carbonyl (C=O) groups is 1. The van der Waals surface area contributed by atoms with Crippen LogP contribution in [0.5, 0.6) is 0 Å². The normalized spacial score (nSPS) is 16.1. The molecule has 4 aromatic rings. The van der Waals surface area contributed by atoms with E-state index in [4.69, 9.17) is 11.6 Å². The molecule has 0 spiro atoms. The molecule has 5 rings (SSSR count). The van der Waals surface area contributed by atoms with Gasteiger partial charge in [-0.25, -0.2) is 4.99 Å². The zero-order chi connectivity index (χ0) is 22.8. The van der Waals surface area contributed by atoms with Gasteiger partial charge in [0, 0.05) is 34.2 Å². The van der Waals surface area contributed by atoms with E-state index in [1.54, 1.807) is 0 Å². The Hall–Kier alpha value is -3.28. The molecule has 1 aliphatic heterocycles. The number of thioether (sulfide) groups is 1. The quantitative estimate of drug-likeness (QED) is 0.325. The predicted molar refractivity (Wildman–Crippen MR) is 139 cm³/mol. The van der Waals surface area contributed by atoms with Crippen molar-refractivity contribution < 1.29 is 4.79 Å². The van der Waals surface area contributed by atoms with Crippen molar-refractivity contribution in [3.05, 3.63) is 106 Å². The summed E-state index contributed by atoms with van der Waals surface area (Å²) < 4.78 is 2.20. The lowest BCUT2D eigenvalue weighted by atomic mass is 10.1. The lowest BCUT2D eigenvalue weighted by Crippen LogP contribution is -2.19. The van der Waals surface area contributed by atoms with Crippen LogP contribution >= 0.6 is 23.4 Å². The lowest BCUT2D eigenvalue weighted by Gasteiger charge is -2.05. The molecular formula is C27H22ClN3OS. The minimum absolute atomic E-state index is 0.126. The van der Waals surface area contributed by atoms with Crippen LogP contribution in [0.15, 0.2) is 88.9 Å². The van der Waals surface area contributed by atoms with Crippen LogP contribution in [-0.4, -0.2) is 15.6 Å². The van der Waals surface area contributed by atoms with Gasteiger partial charge in [-0.1, -0.05) is 61.0 Å². The number of halogens is 1. The summed E-state index contributed by atoms with van der Waals surface area (Å²) in [7, 11) is 0. The zero-order valence-electron chi connectivity index (χ0n) is 18.1. The molecule has 0 aliphatic carbocycles. The van der Waals surface area contributed by atoms with E-state index in [1.165, 1.54) is 17.3 Å². The summed E-state index contributed by atoms with van der Waals surface area (Å²) in [6, 6.07) is 24.2. The molecule has 1 aromatic heterocycles. The standard InChI is InChI=1S/C27H22ClN3OS/c1-2-18-9-13-22(14-10-18)29-27-30-26(32)25(33-27)15-20-17-31(24-6-4-3-5-23(20)24)16-19-7-11-21(28)12-8-19/h3-15,17H,2,16H2,1H3,(H,29,30,32)/b25-15-. The molecule has 6 heteroatoms. The van der Waals surface area contributed by atoms with Gasteiger partial charge >= 0.3 is 0 Å². The number of para-hydroxylation sites is 1. The SMILES string of the molecule is CCc1ccc(N=C2NC(=O)/C(=C/c3cn(Cc4ccc(Cl)cc4)c4ccccc34)S2)cc1. The van der Waals surface area contributed by atoms with E-state index >= 15 is 0 Å². The monoisotopic (exact) mass is 471 g/mol. The van der Waals surface area contributed by atoms with Crippen molar-refractivity contribution in [2.45, 2.75) is 19.9 Å². The van der Waals surface area contributed by atoms with Gasteiger partial charge in [-0.2, -0.15) is 0 Å². The number of aliphatic imine (C=N–C) groups is 1. The second kappa shape index (κ2) is 9.30. The molecule has 2 heterocycles. The third-order valence-corrected chi connectivity index (χ3v) is 6.76. The third kappa shape index (κ3) is 4.75. The first-order chi connectivity index (χ1) is 16.1. The number of hydrogen-bond acceptors (Lipinski definition) is 3. The predicted octanol–water partition coefficient (Wildman–Crippen LogP) is 6.80. The van der Waals surface area contributed by atoms with E-state index in [9.17, 15) is 4.79 Å². The number of amides is 1. The lowest BCUT2D eigenvalue weighted by molar-refractivity contribution is -0.115. The first-order valence-electron chi connectivity index (χ1n) is 10.8. The Bertz CT molecular complexity index is 1390. The second-order valence-electron chi connectivity index (χ2n) is 7.86. The van der Waals surface area contributed by atoms with Crippen LogP contribution < -0.4 is 5.32 Å². The largest absolute Gasteiger partial charge is 0.342 e. The van der Waals surface area contributed by atoms with Crippen LogP contribution in [0.3, 0.4) is 0 Å². The van der Waals surface area contributed by atoms with Gasteiger partial charge in [-0.05, 0) is 65.7 Å². The molecule has 0 bridgehead atoms. The van der Waals surface area contributed by atoms with Gasteiger partial charge in [0.25, 0.3) is 5.91 Å². The maximum Gasteiger partial charge on any atom is 0.264 e. The van der Waals surface area contributed by atoms with E-state index in [0.717, 1.165) is 45.7 Å². The van der Waals surface area contributed by atoms with E-state index in [1.807, 2.05) is 54.6 Å². The van der Waals surface area contributed by atoms with Gasteiger partial charge in [-0.3, -0.25) is 4.79 Å². The minimum Gasteiger partial charge on any atom is -0.342 e. The summed E-state index contributed by atoms with van der Waals surface area (Å²) in [4.78, 5) is 17.9. The van der Waals surface area contributed by atoms with Crippen molar-refractivity contribution >= 4 is 57.1 Å². The molecule has 0 atom stereocenters. The molecule has 3 aromatic carbocycles. The van der Waals surface area contributed by atoms with Crippen LogP contribution in [-0.2, 0) is 17.8 Å². The van der Waals surface area contributed by atoms with Crippen molar-refractivity contribution in [2.24, 2.45) is 4.99 Å². The number of nitrogens with one attached hydrogen (secondary N) is 1. The molecule has 1 N–H and O–H groups in total. The van der Waals surface area contributed by atoms with Crippen molar-refractivity contribution in [1.29, 1.82) is 0 Å². The molecular weight excluding hydrogens is 450 g/mol. The number of hydrogen-bond donors (Lipinski definition) is 1. The van der Waals surface area contributed by atoms with Gasteiger partial charge < -0.3 is 9.88 Å². The van der Waals surface area contributed by atoms with Crippen molar-refractivity contribution in [1.82, 2.24) is 9.88 Å². The number of rotatable bonds is 5. The summed E-state index contributed by atoms with van der Waals surface area (Å²) >= 11 is 7.40. The van der Waals surface area contributed by atoms with E-state index in [2.05, 4.69) is 52.3 Å². The number of nitrogens with zero attached hydrogens (tertiary/aromatic N) is 2. The number of aromatic nitrogens is 1. The van der Waals surface area contributed by atoms with Crippen molar-refractivity contribution in [2.75, 3.05) is 0 Å². The van der Waals surface area contributed by atoms with E-state index in [0.29, 0.717) is 10.1 Å². The highest BCUT2D eigenvalue weighted by Gasteiger charge is 2.24. The first kappa shape index (κ1) is 21.6. The maximum absolute atomic E-state index is 12.6. The molecule has 0 radical (unpaired) electrons. The molecule has 1 fully saturated rings. The summed E-state index contributed by atoms with van der Waals surface area (Å²) in [6.07, 6.45) is 5.03. The fourth-order valence-electron chi connectivity index (χ4n) is 3.85.